The maximum absolute atomic E-state index is 11.9. The van der Waals surface area contributed by atoms with Crippen molar-refractivity contribution in [2.75, 3.05) is 14.1 Å². The fourth-order valence-corrected chi connectivity index (χ4v) is 1.94. The number of hydrogen-bond acceptors (Lipinski definition) is 3. The Kier molecular flexibility index (Phi) is 3.66. The van der Waals surface area contributed by atoms with Crippen LogP contribution in [0.15, 0.2) is 30.3 Å². The molecule has 0 spiro atoms. The van der Waals surface area contributed by atoms with Gasteiger partial charge in [0, 0.05) is 25.4 Å². The Labute approximate surface area is 112 Å². The fraction of sp³-hybridized carbons (Fsp3) is 0.286. The number of rotatable bonds is 3. The molecule has 1 aromatic carbocycles. The zero-order valence-corrected chi connectivity index (χ0v) is 11.6. The molecule has 2 rings (SSSR count). The normalized spacial score (nSPS) is 10.8. The molecule has 100 valence electrons. The van der Waals surface area contributed by atoms with Crippen LogP contribution in [0.5, 0.6) is 0 Å². The first-order valence-corrected chi connectivity index (χ1v) is 6.09. The Hall–Kier alpha value is -2.14. The summed E-state index contributed by atoms with van der Waals surface area (Å²) < 4.78 is 1.84. The van der Waals surface area contributed by atoms with Gasteiger partial charge in [-0.2, -0.15) is 5.10 Å². The van der Waals surface area contributed by atoms with Crippen LogP contribution in [-0.4, -0.2) is 34.8 Å². The van der Waals surface area contributed by atoms with Crippen molar-refractivity contribution < 1.29 is 4.79 Å². The van der Waals surface area contributed by atoms with E-state index < -0.39 is 0 Å². The minimum absolute atomic E-state index is 0.131. The molecule has 2 aromatic rings. The van der Waals surface area contributed by atoms with Crippen LogP contribution < -0.4 is 5.43 Å². The molecule has 0 fully saturated rings. The van der Waals surface area contributed by atoms with Crippen molar-refractivity contribution in [1.82, 2.24) is 20.2 Å². The number of aryl methyl sites for hydroxylation is 2. The maximum Gasteiger partial charge on any atom is 0.265 e. The fourth-order valence-electron chi connectivity index (χ4n) is 1.94. The molecule has 0 saturated heterocycles. The summed E-state index contributed by atoms with van der Waals surface area (Å²) in [7, 11) is 3.56. The lowest BCUT2D eigenvalue weighted by Gasteiger charge is -2.12. The minimum atomic E-state index is -0.131. The number of carbonyl (C=O) groups excluding carboxylic acids is 1. The van der Waals surface area contributed by atoms with Crippen molar-refractivity contribution in [2.24, 2.45) is 0 Å². The van der Waals surface area contributed by atoms with Gasteiger partial charge in [0.05, 0.1) is 11.4 Å². The number of benzene rings is 1. The number of carbonyl (C=O) groups is 1. The molecule has 0 bridgehead atoms. The summed E-state index contributed by atoms with van der Waals surface area (Å²) in [5, 5.41) is 6.04. The predicted molar refractivity (Wildman–Crippen MR) is 74.2 cm³/mol. The Morgan fingerprint density at radius 3 is 2.58 bits per heavy atom. The molecule has 0 atom stereocenters. The summed E-state index contributed by atoms with van der Waals surface area (Å²) in [6.07, 6.45) is 0. The molecule has 0 aliphatic rings. The van der Waals surface area contributed by atoms with Crippen molar-refractivity contribution in [2.45, 2.75) is 13.8 Å². The zero-order valence-electron chi connectivity index (χ0n) is 11.6. The standard InChI is InChI=1S/C14H18N4O/c1-10-8-11(2)18(15-10)13-7-5-6-12(9-13)14(19)16-17(3)4/h5-9H,1-4H3,(H,16,19). The highest BCUT2D eigenvalue weighted by molar-refractivity contribution is 5.94. The van der Waals surface area contributed by atoms with Crippen molar-refractivity contribution in [3.05, 3.63) is 47.3 Å². The second-order valence-corrected chi connectivity index (χ2v) is 4.72. The highest BCUT2D eigenvalue weighted by Crippen LogP contribution is 2.13. The van der Waals surface area contributed by atoms with E-state index in [1.165, 1.54) is 0 Å². The van der Waals surface area contributed by atoms with Crippen LogP contribution in [0.4, 0.5) is 0 Å². The number of hydrogen-bond donors (Lipinski definition) is 1. The lowest BCUT2D eigenvalue weighted by atomic mass is 10.2. The monoisotopic (exact) mass is 258 g/mol. The Balaban J connectivity index is 2.34. The topological polar surface area (TPSA) is 50.2 Å². The summed E-state index contributed by atoms with van der Waals surface area (Å²) in [4.78, 5) is 11.9. The molecule has 5 nitrogen and oxygen atoms in total. The third-order valence-electron chi connectivity index (χ3n) is 2.69. The Morgan fingerprint density at radius 2 is 2.00 bits per heavy atom. The number of nitrogens with one attached hydrogen (secondary N) is 1. The van der Waals surface area contributed by atoms with Crippen molar-refractivity contribution in [3.8, 4) is 5.69 Å². The highest BCUT2D eigenvalue weighted by atomic mass is 16.2. The second-order valence-electron chi connectivity index (χ2n) is 4.72. The maximum atomic E-state index is 11.9. The number of nitrogens with zero attached hydrogens (tertiary/aromatic N) is 3. The molecule has 0 radical (unpaired) electrons. The molecule has 0 aliphatic carbocycles. The largest absolute Gasteiger partial charge is 0.285 e. The quantitative estimate of drug-likeness (QED) is 0.852. The zero-order chi connectivity index (χ0) is 14.0. The van der Waals surface area contributed by atoms with Gasteiger partial charge in [-0.05, 0) is 38.1 Å². The van der Waals surface area contributed by atoms with E-state index in [2.05, 4.69) is 10.5 Å². The molecular formula is C14H18N4O. The van der Waals surface area contributed by atoms with Crippen LogP contribution in [0.2, 0.25) is 0 Å². The molecule has 1 heterocycles. The van der Waals surface area contributed by atoms with E-state index in [0.717, 1.165) is 17.1 Å². The molecule has 1 aromatic heterocycles. The van der Waals surface area contributed by atoms with Crippen LogP contribution in [0, 0.1) is 13.8 Å². The second kappa shape index (κ2) is 5.24. The molecule has 1 N–H and O–H groups in total. The van der Waals surface area contributed by atoms with Gasteiger partial charge in [-0.1, -0.05) is 6.07 Å². The molecule has 0 unspecified atom stereocenters. The summed E-state index contributed by atoms with van der Waals surface area (Å²) >= 11 is 0. The summed E-state index contributed by atoms with van der Waals surface area (Å²) in [6, 6.07) is 9.42. The van der Waals surface area contributed by atoms with Gasteiger partial charge in [-0.25, -0.2) is 9.69 Å². The summed E-state index contributed by atoms with van der Waals surface area (Å²) in [5.41, 5.74) is 6.22. The molecular weight excluding hydrogens is 240 g/mol. The third kappa shape index (κ3) is 3.00. The lowest BCUT2D eigenvalue weighted by Crippen LogP contribution is -2.36. The van der Waals surface area contributed by atoms with Crippen molar-refractivity contribution in [1.29, 1.82) is 0 Å². The first-order valence-electron chi connectivity index (χ1n) is 6.09. The van der Waals surface area contributed by atoms with E-state index in [1.807, 2.05) is 42.8 Å². The highest BCUT2D eigenvalue weighted by Gasteiger charge is 2.09. The SMILES string of the molecule is Cc1cc(C)n(-c2cccc(C(=O)NN(C)C)c2)n1. The minimum Gasteiger partial charge on any atom is -0.285 e. The summed E-state index contributed by atoms with van der Waals surface area (Å²) in [6.45, 7) is 3.94. The van der Waals surface area contributed by atoms with Crippen LogP contribution in [0.3, 0.4) is 0 Å². The molecule has 0 aliphatic heterocycles. The first-order chi connectivity index (χ1) is 8.97. The van der Waals surface area contributed by atoms with Crippen molar-refractivity contribution in [3.63, 3.8) is 0 Å². The molecule has 0 saturated carbocycles. The molecule has 19 heavy (non-hydrogen) atoms. The number of aromatic nitrogens is 2. The Morgan fingerprint density at radius 1 is 1.26 bits per heavy atom. The van der Waals surface area contributed by atoms with Crippen LogP contribution in [0.25, 0.3) is 5.69 Å². The van der Waals surface area contributed by atoms with Gasteiger partial charge in [0.15, 0.2) is 0 Å². The van der Waals surface area contributed by atoms with E-state index in [0.29, 0.717) is 5.56 Å². The summed E-state index contributed by atoms with van der Waals surface area (Å²) in [5.74, 6) is -0.131. The van der Waals surface area contributed by atoms with E-state index >= 15 is 0 Å². The van der Waals surface area contributed by atoms with Gasteiger partial charge in [0.2, 0.25) is 0 Å². The smallest absolute Gasteiger partial charge is 0.265 e. The van der Waals surface area contributed by atoms with E-state index in [1.54, 1.807) is 25.2 Å². The Bertz CT molecular complexity index is 601. The van der Waals surface area contributed by atoms with E-state index in [9.17, 15) is 4.79 Å². The van der Waals surface area contributed by atoms with Gasteiger partial charge >= 0.3 is 0 Å². The number of hydrazine groups is 1. The average molecular weight is 258 g/mol. The van der Waals surface area contributed by atoms with Gasteiger partial charge in [-0.3, -0.25) is 10.2 Å². The van der Waals surface area contributed by atoms with Crippen LogP contribution >= 0.6 is 0 Å². The van der Waals surface area contributed by atoms with E-state index in [4.69, 9.17) is 0 Å². The van der Waals surface area contributed by atoms with Gasteiger partial charge in [0.25, 0.3) is 5.91 Å². The van der Waals surface area contributed by atoms with E-state index in [-0.39, 0.29) is 5.91 Å². The first kappa shape index (κ1) is 13.3. The average Bonchev–Trinajstić information content (AvgIpc) is 2.68. The van der Waals surface area contributed by atoms with Crippen LogP contribution in [-0.2, 0) is 0 Å². The van der Waals surface area contributed by atoms with Gasteiger partial charge in [-0.15, -0.1) is 0 Å². The van der Waals surface area contributed by atoms with Crippen LogP contribution in [0.1, 0.15) is 21.7 Å². The third-order valence-corrected chi connectivity index (χ3v) is 2.69. The van der Waals surface area contributed by atoms with Gasteiger partial charge in [0.1, 0.15) is 0 Å². The molecule has 5 heteroatoms. The molecule has 1 amide bonds. The predicted octanol–water partition coefficient (Wildman–Crippen LogP) is 1.70. The lowest BCUT2D eigenvalue weighted by molar-refractivity contribution is 0.0857. The number of amides is 1. The van der Waals surface area contributed by atoms with Gasteiger partial charge < -0.3 is 0 Å². The van der Waals surface area contributed by atoms with Crippen molar-refractivity contribution >= 4 is 5.91 Å².